The minimum Gasteiger partial charge on any atom is -0.449 e. The van der Waals surface area contributed by atoms with Gasteiger partial charge in [0.15, 0.2) is 0 Å². The Morgan fingerprint density at radius 3 is 2.46 bits per heavy atom. The topological polar surface area (TPSA) is 181 Å². The van der Waals surface area contributed by atoms with Gasteiger partial charge in [-0.05, 0) is 79.4 Å². The van der Waals surface area contributed by atoms with E-state index in [0.717, 1.165) is 55.2 Å². The van der Waals surface area contributed by atoms with Crippen molar-refractivity contribution in [1.82, 2.24) is 25.2 Å². The standard InChI is InChI=1S/C39H53N5O9S/c1-4-27-19-39(27,35(47)42-54(50,51)29-15-16-29)41-33(45)31-18-28-21-44(31)34(46)32(25-10-6-5-7-11-25)40-36(48)52-23-38(2,3)17-9-14-24-12-8-13-26-20-43(22-30(24)26)37(49)53-28/h4,8,12-13,25,27-29,31-32H,1,5-7,9-11,14-23H2,2-3H3,(H,40,48)(H,41,45)(H,42,47)/t27-,28+,31-,32-,39+/m0/s1. The first-order valence-corrected chi connectivity index (χ1v) is 21.0. The van der Waals surface area contributed by atoms with Crippen LogP contribution in [0.2, 0.25) is 0 Å². The van der Waals surface area contributed by atoms with Gasteiger partial charge in [0.25, 0.3) is 5.91 Å². The van der Waals surface area contributed by atoms with Crippen LogP contribution >= 0.6 is 0 Å². The molecule has 4 fully saturated rings. The number of ether oxygens (including phenoxy) is 2. The summed E-state index contributed by atoms with van der Waals surface area (Å²) < 4.78 is 39.4. The van der Waals surface area contributed by atoms with E-state index in [9.17, 15) is 32.4 Å². The molecule has 1 saturated heterocycles. The molecule has 3 saturated carbocycles. The molecule has 5 atom stereocenters. The van der Waals surface area contributed by atoms with E-state index in [1.807, 2.05) is 26.0 Å². The number of hydrogen-bond acceptors (Lipinski definition) is 9. The number of carbonyl (C=O) groups is 5. The summed E-state index contributed by atoms with van der Waals surface area (Å²) in [6.07, 6.45) is 6.96. The molecule has 0 radical (unpaired) electrons. The number of alkyl carbamates (subject to hydrolysis) is 1. The largest absolute Gasteiger partial charge is 0.449 e. The highest BCUT2D eigenvalue weighted by molar-refractivity contribution is 7.91. The van der Waals surface area contributed by atoms with Gasteiger partial charge in [0.05, 0.1) is 18.4 Å². The minimum absolute atomic E-state index is 0.0534. The van der Waals surface area contributed by atoms with Crippen molar-refractivity contribution in [3.63, 3.8) is 0 Å². The highest BCUT2D eigenvalue weighted by atomic mass is 32.2. The number of benzene rings is 1. The number of hydrogen-bond donors (Lipinski definition) is 3. The van der Waals surface area contributed by atoms with Gasteiger partial charge in [0.2, 0.25) is 21.8 Å². The van der Waals surface area contributed by atoms with Crippen LogP contribution in [0, 0.1) is 17.3 Å². The molecule has 1 aromatic carbocycles. The maximum atomic E-state index is 14.7. The second kappa shape index (κ2) is 14.8. The van der Waals surface area contributed by atoms with Gasteiger partial charge in [-0.2, -0.15) is 0 Å². The van der Waals surface area contributed by atoms with Crippen LogP contribution in [-0.4, -0.2) is 90.3 Å². The van der Waals surface area contributed by atoms with Gasteiger partial charge in [0.1, 0.15) is 23.7 Å². The van der Waals surface area contributed by atoms with E-state index < -0.39 is 74.8 Å². The Hall–Kier alpha value is -4.14. The molecule has 6 aliphatic rings. The third kappa shape index (κ3) is 7.97. The van der Waals surface area contributed by atoms with E-state index in [-0.39, 0.29) is 37.3 Å². The predicted octanol–water partition coefficient (Wildman–Crippen LogP) is 3.82. The predicted molar refractivity (Wildman–Crippen MR) is 197 cm³/mol. The summed E-state index contributed by atoms with van der Waals surface area (Å²) in [6.45, 7) is 8.65. The Morgan fingerprint density at radius 1 is 1.02 bits per heavy atom. The molecule has 3 heterocycles. The fraction of sp³-hybridized carbons (Fsp3) is 0.667. The van der Waals surface area contributed by atoms with Crippen molar-refractivity contribution in [3.05, 3.63) is 47.5 Å². The summed E-state index contributed by atoms with van der Waals surface area (Å²) in [4.78, 5) is 72.6. The first kappa shape index (κ1) is 38.1. The Labute approximate surface area is 317 Å². The zero-order valence-corrected chi connectivity index (χ0v) is 32.1. The van der Waals surface area contributed by atoms with Crippen LogP contribution in [0.1, 0.15) is 101 Å². The Kier molecular flexibility index (Phi) is 10.5. The quantitative estimate of drug-likeness (QED) is 0.348. The molecule has 1 aromatic rings. The van der Waals surface area contributed by atoms with E-state index in [0.29, 0.717) is 38.8 Å². The Morgan fingerprint density at radius 2 is 1.76 bits per heavy atom. The molecule has 4 bridgehead atoms. The van der Waals surface area contributed by atoms with Crippen LogP contribution in [0.5, 0.6) is 0 Å². The average Bonchev–Trinajstić information content (AvgIpc) is 4.03. The zero-order chi connectivity index (χ0) is 38.4. The SMILES string of the molecule is C=C[C@H]1C[C@]1(NC(=O)[C@@H]1C[C@@H]2CN1C(=O)[C@H](C1CCCCC1)NC(=O)OCC(C)(C)CCCc1cccc3c1CN(C3)C(=O)O2)C(=O)NS(=O)(=O)C1CC1. The lowest BCUT2D eigenvalue weighted by molar-refractivity contribution is -0.142. The van der Waals surface area contributed by atoms with Gasteiger partial charge in [-0.1, -0.05) is 57.4 Å². The number of fused-ring (bicyclic) bond motifs is 3. The van der Waals surface area contributed by atoms with Crippen molar-refractivity contribution in [2.24, 2.45) is 17.3 Å². The minimum atomic E-state index is -3.90. The first-order valence-electron chi connectivity index (χ1n) is 19.5. The van der Waals surface area contributed by atoms with E-state index in [2.05, 4.69) is 28.0 Å². The van der Waals surface area contributed by atoms with Crippen molar-refractivity contribution in [2.45, 2.75) is 133 Å². The van der Waals surface area contributed by atoms with Gasteiger partial charge in [-0.25, -0.2) is 18.0 Å². The molecule has 294 valence electrons. The van der Waals surface area contributed by atoms with Crippen molar-refractivity contribution in [3.8, 4) is 0 Å². The first-order chi connectivity index (χ1) is 25.7. The fourth-order valence-electron chi connectivity index (χ4n) is 8.75. The molecular weight excluding hydrogens is 715 g/mol. The lowest BCUT2D eigenvalue weighted by Crippen LogP contribution is -2.59. The van der Waals surface area contributed by atoms with Crippen LogP contribution in [0.25, 0.3) is 0 Å². The van der Waals surface area contributed by atoms with Crippen molar-refractivity contribution < 1.29 is 41.9 Å². The van der Waals surface area contributed by atoms with Crippen molar-refractivity contribution in [1.29, 1.82) is 0 Å². The van der Waals surface area contributed by atoms with Gasteiger partial charge in [-0.3, -0.25) is 24.0 Å². The van der Waals surface area contributed by atoms with E-state index in [4.69, 9.17) is 9.47 Å². The summed E-state index contributed by atoms with van der Waals surface area (Å²) in [7, 11) is -3.90. The number of cyclic esters (lactones) is 1. The van der Waals surface area contributed by atoms with E-state index in [1.54, 1.807) is 4.90 Å². The maximum absolute atomic E-state index is 14.7. The lowest BCUT2D eigenvalue weighted by atomic mass is 9.83. The third-order valence-electron chi connectivity index (χ3n) is 12.3. The monoisotopic (exact) mass is 767 g/mol. The van der Waals surface area contributed by atoms with Crippen LogP contribution in [-0.2, 0) is 53.4 Å². The van der Waals surface area contributed by atoms with Crippen LogP contribution in [0.3, 0.4) is 0 Å². The van der Waals surface area contributed by atoms with Crippen LogP contribution < -0.4 is 15.4 Å². The summed E-state index contributed by atoms with van der Waals surface area (Å²) in [5.74, 6) is -2.77. The molecule has 0 spiro atoms. The normalized spacial score (nSPS) is 30.5. The summed E-state index contributed by atoms with van der Waals surface area (Å²) in [6, 6.07) is 3.90. The zero-order valence-electron chi connectivity index (χ0n) is 31.3. The molecule has 7 rings (SSSR count). The number of carbonyl (C=O) groups excluding carboxylic acids is 5. The van der Waals surface area contributed by atoms with Crippen molar-refractivity contribution in [2.75, 3.05) is 13.2 Å². The highest BCUT2D eigenvalue weighted by Gasteiger charge is 2.62. The number of nitrogens with zero attached hydrogens (tertiary/aromatic N) is 2. The molecule has 0 aromatic heterocycles. The van der Waals surface area contributed by atoms with E-state index >= 15 is 0 Å². The molecule has 54 heavy (non-hydrogen) atoms. The van der Waals surface area contributed by atoms with Gasteiger partial charge >= 0.3 is 12.2 Å². The number of rotatable bonds is 7. The summed E-state index contributed by atoms with van der Waals surface area (Å²) in [5.41, 5.74) is 1.38. The lowest BCUT2D eigenvalue weighted by Gasteiger charge is -2.35. The van der Waals surface area contributed by atoms with Crippen molar-refractivity contribution >= 4 is 39.9 Å². The molecule has 15 heteroatoms. The van der Waals surface area contributed by atoms with Gasteiger partial charge in [-0.15, -0.1) is 6.58 Å². The second-order valence-corrected chi connectivity index (χ2v) is 18.9. The fourth-order valence-corrected chi connectivity index (χ4v) is 10.1. The number of aryl methyl sites for hydroxylation is 1. The molecule has 0 unspecified atom stereocenters. The summed E-state index contributed by atoms with van der Waals surface area (Å²) in [5, 5.41) is 5.00. The molecular formula is C39H53N5O9S. The second-order valence-electron chi connectivity index (χ2n) is 17.0. The number of nitrogens with one attached hydrogen (secondary N) is 3. The molecule has 5 amide bonds. The highest BCUT2D eigenvalue weighted by Crippen LogP contribution is 2.45. The van der Waals surface area contributed by atoms with Gasteiger partial charge < -0.3 is 25.0 Å². The maximum Gasteiger partial charge on any atom is 0.410 e. The smallest absolute Gasteiger partial charge is 0.410 e. The van der Waals surface area contributed by atoms with Gasteiger partial charge in [0, 0.05) is 25.4 Å². The molecule has 3 N–H and O–H groups in total. The van der Waals surface area contributed by atoms with Crippen LogP contribution in [0.15, 0.2) is 30.9 Å². The molecule has 3 aliphatic heterocycles. The Bertz CT molecular complexity index is 1810. The molecule has 14 nitrogen and oxygen atoms in total. The number of amides is 5. The van der Waals surface area contributed by atoms with E-state index in [1.165, 1.54) is 11.0 Å². The number of sulfonamides is 1. The molecule has 3 aliphatic carbocycles. The third-order valence-corrected chi connectivity index (χ3v) is 14.1. The summed E-state index contributed by atoms with van der Waals surface area (Å²) >= 11 is 0. The van der Waals surface area contributed by atoms with Crippen LogP contribution in [0.4, 0.5) is 9.59 Å². The average molecular weight is 768 g/mol. The Balaban J connectivity index is 1.17.